The number of thiazole rings is 1. The molecule has 1 aliphatic rings. The zero-order valence-electron chi connectivity index (χ0n) is 16.7. The van der Waals surface area contributed by atoms with E-state index in [0.717, 1.165) is 9.88 Å². The van der Waals surface area contributed by atoms with Gasteiger partial charge in [-0.15, -0.1) is 22.7 Å². The molecule has 1 saturated heterocycles. The number of carbonyl (C=O) groups is 2. The summed E-state index contributed by atoms with van der Waals surface area (Å²) in [7, 11) is 0. The van der Waals surface area contributed by atoms with E-state index in [1.54, 1.807) is 22.3 Å². The molecule has 0 atom stereocenters. The van der Waals surface area contributed by atoms with Crippen molar-refractivity contribution in [2.24, 2.45) is 0 Å². The number of thiophene rings is 1. The summed E-state index contributed by atoms with van der Waals surface area (Å²) < 4.78 is 11.2. The number of fused-ring (bicyclic) bond motifs is 1. The van der Waals surface area contributed by atoms with Crippen molar-refractivity contribution < 1.29 is 18.7 Å². The zero-order chi connectivity index (χ0) is 21.4. The van der Waals surface area contributed by atoms with Gasteiger partial charge in [0, 0.05) is 18.5 Å². The first-order valence-electron chi connectivity index (χ1n) is 9.83. The van der Waals surface area contributed by atoms with Gasteiger partial charge in [0.1, 0.15) is 21.2 Å². The number of ether oxygens (including phenoxy) is 1. The lowest BCUT2D eigenvalue weighted by Gasteiger charge is -2.26. The lowest BCUT2D eigenvalue weighted by atomic mass is 10.2. The topological polar surface area (TPSA) is 84.7 Å². The van der Waals surface area contributed by atoms with E-state index in [4.69, 9.17) is 9.15 Å². The molecule has 0 spiro atoms. The Labute approximate surface area is 186 Å². The molecule has 158 valence electrons. The van der Waals surface area contributed by atoms with Crippen molar-refractivity contribution in [1.82, 2.24) is 9.88 Å². The lowest BCUT2D eigenvalue weighted by Crippen LogP contribution is -2.40. The van der Waals surface area contributed by atoms with Crippen molar-refractivity contribution in [1.29, 1.82) is 0 Å². The Morgan fingerprint density at radius 1 is 1.13 bits per heavy atom. The van der Waals surface area contributed by atoms with Gasteiger partial charge >= 0.3 is 0 Å². The van der Waals surface area contributed by atoms with E-state index < -0.39 is 0 Å². The molecule has 0 saturated carbocycles. The predicted molar refractivity (Wildman–Crippen MR) is 121 cm³/mol. The summed E-state index contributed by atoms with van der Waals surface area (Å²) in [6.07, 6.45) is 0. The van der Waals surface area contributed by atoms with Crippen LogP contribution >= 0.6 is 22.7 Å². The minimum atomic E-state index is -0.305. The fourth-order valence-electron chi connectivity index (χ4n) is 3.51. The van der Waals surface area contributed by atoms with Crippen LogP contribution in [0.5, 0.6) is 0 Å². The molecular weight excluding hydrogens is 434 g/mol. The Morgan fingerprint density at radius 3 is 2.71 bits per heavy atom. The number of carbonyl (C=O) groups excluding carboxylic acids is 2. The molecule has 0 bridgehead atoms. The number of benzene rings is 1. The van der Waals surface area contributed by atoms with Crippen LogP contribution in [0.1, 0.15) is 25.9 Å². The van der Waals surface area contributed by atoms with E-state index in [9.17, 15) is 9.59 Å². The van der Waals surface area contributed by atoms with Gasteiger partial charge in [-0.2, -0.15) is 0 Å². The van der Waals surface area contributed by atoms with E-state index in [-0.39, 0.29) is 17.6 Å². The number of anilines is 1. The molecule has 9 heteroatoms. The van der Waals surface area contributed by atoms with Gasteiger partial charge in [0.05, 0.1) is 23.8 Å². The summed E-state index contributed by atoms with van der Waals surface area (Å²) in [4.78, 5) is 34.1. The van der Waals surface area contributed by atoms with E-state index in [1.807, 2.05) is 42.6 Å². The first-order chi connectivity index (χ1) is 15.1. The number of amides is 2. The molecule has 0 unspecified atom stereocenters. The highest BCUT2D eigenvalue weighted by Gasteiger charge is 2.28. The Hall–Kier alpha value is -3.01. The van der Waals surface area contributed by atoms with Crippen LogP contribution in [0.25, 0.3) is 20.9 Å². The van der Waals surface area contributed by atoms with Crippen molar-refractivity contribution in [2.75, 3.05) is 31.6 Å². The second-order valence-electron chi connectivity index (χ2n) is 7.07. The van der Waals surface area contributed by atoms with E-state index >= 15 is 0 Å². The molecule has 5 rings (SSSR count). The SMILES string of the molecule is Cc1nc(-c2cccs2)sc1C(=O)Nc1c(C(=O)N2CCOCC2)oc2ccccc12. The Bertz CT molecular complexity index is 1250. The molecule has 1 N–H and O–H groups in total. The molecule has 1 aromatic carbocycles. The van der Waals surface area contributed by atoms with Gasteiger partial charge in [-0.1, -0.05) is 18.2 Å². The standard InChI is InChI=1S/C22H19N3O4S2/c1-13-19(31-21(23-13)16-7-4-12-30-16)20(26)24-17-14-5-2-3-6-15(14)29-18(17)22(27)25-8-10-28-11-9-25/h2-7,12H,8-11H2,1H3,(H,24,26). The smallest absolute Gasteiger partial charge is 0.291 e. The van der Waals surface area contributed by atoms with Gasteiger partial charge in [-0.05, 0) is 30.5 Å². The molecule has 2 amide bonds. The quantitative estimate of drug-likeness (QED) is 0.486. The molecule has 1 aliphatic heterocycles. The van der Waals surface area contributed by atoms with Crippen LogP contribution in [0, 0.1) is 6.92 Å². The highest BCUT2D eigenvalue weighted by Crippen LogP contribution is 2.35. The summed E-state index contributed by atoms with van der Waals surface area (Å²) in [6, 6.07) is 11.2. The summed E-state index contributed by atoms with van der Waals surface area (Å²) in [5.41, 5.74) is 1.59. The molecule has 0 radical (unpaired) electrons. The Morgan fingerprint density at radius 2 is 1.94 bits per heavy atom. The summed E-state index contributed by atoms with van der Waals surface area (Å²) in [6.45, 7) is 3.76. The van der Waals surface area contributed by atoms with Gasteiger partial charge in [0.15, 0.2) is 0 Å². The monoisotopic (exact) mass is 453 g/mol. The summed E-state index contributed by atoms with van der Waals surface area (Å²) in [5.74, 6) is -0.424. The minimum absolute atomic E-state index is 0.136. The molecule has 1 fully saturated rings. The third kappa shape index (κ3) is 3.76. The van der Waals surface area contributed by atoms with Crippen LogP contribution < -0.4 is 5.32 Å². The number of hydrogen-bond acceptors (Lipinski definition) is 7. The Balaban J connectivity index is 1.50. The summed E-state index contributed by atoms with van der Waals surface area (Å²) >= 11 is 2.92. The van der Waals surface area contributed by atoms with Gasteiger partial charge < -0.3 is 19.4 Å². The molecule has 4 heterocycles. The van der Waals surface area contributed by atoms with Crippen LogP contribution in [0.3, 0.4) is 0 Å². The van der Waals surface area contributed by atoms with E-state index in [1.165, 1.54) is 11.3 Å². The van der Waals surface area contributed by atoms with E-state index in [0.29, 0.717) is 53.5 Å². The lowest BCUT2D eigenvalue weighted by molar-refractivity contribution is 0.0285. The number of aromatic nitrogens is 1. The third-order valence-corrected chi connectivity index (χ3v) is 7.26. The van der Waals surface area contributed by atoms with E-state index in [2.05, 4.69) is 10.3 Å². The predicted octanol–water partition coefficient (Wildman–Crippen LogP) is 4.65. The van der Waals surface area contributed by atoms with Crippen molar-refractivity contribution in [3.05, 3.63) is 58.1 Å². The van der Waals surface area contributed by atoms with Crippen molar-refractivity contribution in [3.63, 3.8) is 0 Å². The van der Waals surface area contributed by atoms with Gasteiger partial charge in [0.2, 0.25) is 5.76 Å². The number of rotatable bonds is 4. The first-order valence-corrected chi connectivity index (χ1v) is 11.5. The number of nitrogens with one attached hydrogen (secondary N) is 1. The van der Waals surface area contributed by atoms with Crippen LogP contribution in [-0.2, 0) is 4.74 Å². The van der Waals surface area contributed by atoms with Crippen LogP contribution in [0.4, 0.5) is 5.69 Å². The maximum atomic E-state index is 13.2. The first kappa shape index (κ1) is 19.9. The van der Waals surface area contributed by atoms with Crippen molar-refractivity contribution in [2.45, 2.75) is 6.92 Å². The molecule has 4 aromatic rings. The number of furan rings is 1. The van der Waals surface area contributed by atoms with Gasteiger partial charge in [0.25, 0.3) is 11.8 Å². The number of para-hydroxylation sites is 1. The van der Waals surface area contributed by atoms with Crippen LogP contribution in [-0.4, -0.2) is 48.0 Å². The molecule has 0 aliphatic carbocycles. The van der Waals surface area contributed by atoms with Crippen molar-refractivity contribution >= 4 is 51.1 Å². The second-order valence-corrected chi connectivity index (χ2v) is 9.02. The van der Waals surface area contributed by atoms with Crippen LogP contribution in [0.2, 0.25) is 0 Å². The molecule has 7 nitrogen and oxygen atoms in total. The normalized spacial score (nSPS) is 14.2. The van der Waals surface area contributed by atoms with Gasteiger partial charge in [-0.25, -0.2) is 4.98 Å². The highest BCUT2D eigenvalue weighted by molar-refractivity contribution is 7.22. The maximum Gasteiger partial charge on any atom is 0.291 e. The molecule has 31 heavy (non-hydrogen) atoms. The highest BCUT2D eigenvalue weighted by atomic mass is 32.1. The van der Waals surface area contributed by atoms with Crippen molar-refractivity contribution in [3.8, 4) is 9.88 Å². The second kappa shape index (κ2) is 8.26. The summed E-state index contributed by atoms with van der Waals surface area (Å²) in [5, 5.41) is 6.40. The Kier molecular flexibility index (Phi) is 5.31. The average molecular weight is 454 g/mol. The molecule has 3 aromatic heterocycles. The number of aryl methyl sites for hydroxylation is 1. The largest absolute Gasteiger partial charge is 0.449 e. The van der Waals surface area contributed by atoms with Crippen LogP contribution in [0.15, 0.2) is 46.2 Å². The fraction of sp³-hybridized carbons (Fsp3) is 0.227. The maximum absolute atomic E-state index is 13.2. The number of nitrogens with zero attached hydrogens (tertiary/aromatic N) is 2. The molecular formula is C22H19N3O4S2. The third-order valence-electron chi connectivity index (χ3n) is 5.06. The fourth-order valence-corrected chi connectivity index (χ4v) is 5.27. The average Bonchev–Trinajstić information content (AvgIpc) is 3.53. The number of hydrogen-bond donors (Lipinski definition) is 1. The number of morpholine rings is 1. The zero-order valence-corrected chi connectivity index (χ0v) is 18.3. The van der Waals surface area contributed by atoms with Gasteiger partial charge in [-0.3, -0.25) is 9.59 Å². The minimum Gasteiger partial charge on any atom is -0.449 e.